The monoisotopic (exact) mass is 387 g/mol. The minimum atomic E-state index is -0.254. The van der Waals surface area contributed by atoms with Crippen LogP contribution in [0.5, 0.6) is 0 Å². The highest BCUT2D eigenvalue weighted by Gasteiger charge is 2.06. The summed E-state index contributed by atoms with van der Waals surface area (Å²) >= 11 is 0. The number of halogens is 11. The second-order valence-electron chi connectivity index (χ2n) is 2.64. The van der Waals surface area contributed by atoms with E-state index < -0.39 is 0 Å². The summed E-state index contributed by atoms with van der Waals surface area (Å²) in [5.41, 5.74) is 9.24. The molecule has 0 aliphatic carbocycles. The van der Waals surface area contributed by atoms with Gasteiger partial charge in [-0.25, -0.2) is 0 Å². The zero-order valence-electron chi connectivity index (χ0n) is 11.4. The summed E-state index contributed by atoms with van der Waals surface area (Å²) in [7, 11) is 0. The first-order valence-corrected chi connectivity index (χ1v) is 4.80. The molecule has 1 N–H and O–H groups in total. The largest absolute Gasteiger partial charge is 0.396 e. The SMILES string of the molecule is F.FF.FF.FF.FF.FF.[N-]=[N+]=NC(CCO)c1ccccc1. The Hall–Kier alpha value is -2.28. The quantitative estimate of drug-likeness (QED) is 0.263. The van der Waals surface area contributed by atoms with E-state index in [1.54, 1.807) is 0 Å². The van der Waals surface area contributed by atoms with E-state index in [4.69, 9.17) is 56.4 Å². The van der Waals surface area contributed by atoms with Crippen molar-refractivity contribution < 1.29 is 55.6 Å². The second kappa shape index (κ2) is 49.8. The maximum absolute atomic E-state index is 8.74. The second-order valence-corrected chi connectivity index (χ2v) is 2.64. The highest BCUT2D eigenvalue weighted by Crippen LogP contribution is 2.20. The Morgan fingerprint density at radius 3 is 1.54 bits per heavy atom. The van der Waals surface area contributed by atoms with Crippen LogP contribution in [0.2, 0.25) is 0 Å². The Balaban J connectivity index is -0.0000000634. The third-order valence-corrected chi connectivity index (χ3v) is 1.78. The van der Waals surface area contributed by atoms with Crippen LogP contribution >= 0.6 is 0 Å². The van der Waals surface area contributed by atoms with Crippen LogP contribution in [0.25, 0.3) is 10.4 Å². The van der Waals surface area contributed by atoms with Crippen LogP contribution in [0, 0.1) is 0 Å². The summed E-state index contributed by atoms with van der Waals surface area (Å²) in [5, 5.41) is 12.3. The van der Waals surface area contributed by atoms with Crippen molar-refractivity contribution in [2.45, 2.75) is 12.5 Å². The van der Waals surface area contributed by atoms with E-state index in [0.29, 0.717) is 6.42 Å². The lowest BCUT2D eigenvalue weighted by Gasteiger charge is -2.08. The van der Waals surface area contributed by atoms with E-state index in [-0.39, 0.29) is 17.4 Å². The first kappa shape index (κ1) is 37.7. The molecular formula is C9H12F11N3O. The fraction of sp³-hybridized carbons (Fsp3) is 0.333. The molecule has 0 aliphatic rings. The van der Waals surface area contributed by atoms with Crippen LogP contribution in [-0.2, 0) is 0 Å². The number of hydrogen-bond donors (Lipinski definition) is 1. The van der Waals surface area contributed by atoms with Gasteiger partial charge in [-0.3, -0.25) is 4.70 Å². The van der Waals surface area contributed by atoms with Crippen molar-refractivity contribution in [3.63, 3.8) is 0 Å². The Labute approximate surface area is 127 Å². The summed E-state index contributed by atoms with van der Waals surface area (Å²) < 4.78 is 80.0. The topological polar surface area (TPSA) is 69.0 Å². The Bertz CT molecular complexity index is 317. The van der Waals surface area contributed by atoms with Gasteiger partial charge in [-0.15, -0.1) is 0 Å². The van der Waals surface area contributed by atoms with Gasteiger partial charge in [0, 0.05) is 57.3 Å². The van der Waals surface area contributed by atoms with Gasteiger partial charge >= 0.3 is 0 Å². The van der Waals surface area contributed by atoms with Crippen molar-refractivity contribution in [3.8, 4) is 0 Å². The molecule has 1 aromatic rings. The highest BCUT2D eigenvalue weighted by molar-refractivity contribution is 5.18. The molecule has 0 saturated heterocycles. The van der Waals surface area contributed by atoms with Crippen molar-refractivity contribution in [3.05, 3.63) is 46.3 Å². The lowest BCUT2D eigenvalue weighted by molar-refractivity contribution is 0.108. The molecule has 24 heavy (non-hydrogen) atoms. The van der Waals surface area contributed by atoms with E-state index in [2.05, 4.69) is 10.0 Å². The van der Waals surface area contributed by atoms with Gasteiger partial charge in [-0.05, 0) is 17.5 Å². The van der Waals surface area contributed by atoms with Crippen molar-refractivity contribution >= 4 is 0 Å². The van der Waals surface area contributed by atoms with E-state index in [1.807, 2.05) is 30.3 Å². The van der Waals surface area contributed by atoms with Crippen LogP contribution in [0.4, 0.5) is 50.4 Å². The summed E-state index contributed by atoms with van der Waals surface area (Å²) in [6.45, 7) is 0.0264. The Morgan fingerprint density at radius 2 is 1.25 bits per heavy atom. The zero-order chi connectivity index (χ0) is 19.5. The first-order valence-electron chi connectivity index (χ1n) is 4.80. The van der Waals surface area contributed by atoms with E-state index in [1.165, 1.54) is 0 Å². The lowest BCUT2D eigenvalue weighted by Crippen LogP contribution is -1.97. The van der Waals surface area contributed by atoms with Gasteiger partial charge in [0.05, 0.1) is 6.04 Å². The predicted octanol–water partition coefficient (Wildman–Crippen LogP) is 6.77. The van der Waals surface area contributed by atoms with E-state index in [0.717, 1.165) is 5.56 Å². The molecule has 1 unspecified atom stereocenters. The molecule has 0 aliphatic heterocycles. The number of aliphatic hydroxyl groups is 1. The predicted molar refractivity (Wildman–Crippen MR) is 63.6 cm³/mol. The van der Waals surface area contributed by atoms with Crippen LogP contribution in [0.1, 0.15) is 18.0 Å². The molecule has 0 heterocycles. The summed E-state index contributed by atoms with van der Waals surface area (Å²) in [4.78, 5) is 2.74. The molecule has 0 spiro atoms. The average Bonchev–Trinajstić information content (AvgIpc) is 2.70. The molecule has 0 amide bonds. The average molecular weight is 387 g/mol. The molecule has 0 radical (unpaired) electrons. The molecule has 1 rings (SSSR count). The molecule has 0 aromatic heterocycles. The zero-order valence-corrected chi connectivity index (χ0v) is 11.4. The number of benzene rings is 1. The van der Waals surface area contributed by atoms with E-state index >= 15 is 0 Å². The summed E-state index contributed by atoms with van der Waals surface area (Å²) in [6, 6.07) is 9.18. The number of hydrogen-bond acceptors (Lipinski definition) is 2. The maximum atomic E-state index is 8.74. The molecule has 0 saturated carbocycles. The standard InChI is InChI=1S/C9H11N3O.5F2.FH/c10-12-11-9(6-7-13)8-4-2-1-3-5-8;5*1-2;/h1-5,9,13H,6-7H2;;;;;;1H. The Morgan fingerprint density at radius 1 is 0.875 bits per heavy atom. The third kappa shape index (κ3) is 28.0. The molecule has 0 fully saturated rings. The normalized spacial score (nSPS) is 7.62. The van der Waals surface area contributed by atoms with Gasteiger partial charge in [0.25, 0.3) is 0 Å². The molecule has 1 aromatic carbocycles. The molecule has 0 bridgehead atoms. The van der Waals surface area contributed by atoms with Gasteiger partial charge in [0.15, 0.2) is 0 Å². The van der Waals surface area contributed by atoms with Crippen LogP contribution in [-0.4, -0.2) is 11.7 Å². The molecule has 1 atom stereocenters. The van der Waals surface area contributed by atoms with Crippen molar-refractivity contribution in [2.75, 3.05) is 6.61 Å². The lowest BCUT2D eigenvalue weighted by atomic mass is 10.1. The molecule has 146 valence electrons. The smallest absolute Gasteiger partial charge is 0.0647 e. The van der Waals surface area contributed by atoms with Gasteiger partial charge in [-0.1, -0.05) is 35.4 Å². The minimum absolute atomic E-state index is 0. The Kier molecular flexibility index (Phi) is 78.3. The highest BCUT2D eigenvalue weighted by atomic mass is 20.0. The van der Waals surface area contributed by atoms with Crippen LogP contribution in [0.15, 0.2) is 35.4 Å². The third-order valence-electron chi connectivity index (χ3n) is 1.78. The minimum Gasteiger partial charge on any atom is -0.396 e. The van der Waals surface area contributed by atoms with Gasteiger partial charge in [0.1, 0.15) is 0 Å². The number of azide groups is 1. The van der Waals surface area contributed by atoms with Gasteiger partial charge < -0.3 is 5.11 Å². The number of aliphatic hydroxyl groups excluding tert-OH is 1. The summed E-state index contributed by atoms with van der Waals surface area (Å²) in [6.07, 6.45) is 0.466. The number of rotatable bonds is 4. The molecule has 4 nitrogen and oxygen atoms in total. The van der Waals surface area contributed by atoms with Gasteiger partial charge in [-0.2, -0.15) is 0 Å². The van der Waals surface area contributed by atoms with Gasteiger partial charge in [0.2, 0.25) is 0 Å². The molecular weight excluding hydrogens is 375 g/mol. The fourth-order valence-corrected chi connectivity index (χ4v) is 1.15. The van der Waals surface area contributed by atoms with Crippen LogP contribution in [0.3, 0.4) is 0 Å². The maximum Gasteiger partial charge on any atom is 0.0647 e. The van der Waals surface area contributed by atoms with Crippen molar-refractivity contribution in [1.82, 2.24) is 0 Å². The van der Waals surface area contributed by atoms with E-state index in [9.17, 15) is 0 Å². The van der Waals surface area contributed by atoms with Crippen LogP contribution < -0.4 is 0 Å². The fourth-order valence-electron chi connectivity index (χ4n) is 1.15. The summed E-state index contributed by atoms with van der Waals surface area (Å²) in [5.74, 6) is 0. The number of nitrogens with zero attached hydrogens (tertiary/aromatic N) is 3. The first-order chi connectivity index (χ1) is 11.4. The van der Waals surface area contributed by atoms with Crippen molar-refractivity contribution in [1.29, 1.82) is 0 Å². The molecule has 15 heteroatoms. The van der Waals surface area contributed by atoms with Crippen molar-refractivity contribution in [2.24, 2.45) is 5.11 Å².